The summed E-state index contributed by atoms with van der Waals surface area (Å²) in [6.07, 6.45) is -4.62. The molecule has 2 N–H and O–H groups in total. The minimum absolute atomic E-state index is 0.468. The van der Waals surface area contributed by atoms with E-state index in [4.69, 9.17) is 0 Å². The standard InChI is InChI=1S/C13H9F3N2O5S/c14-13(15,16)8-1-4-10(5-2-8)24(22,23)17-11-7-9(18(20)21)3-6-12(11)19/h1-7,17,19H. The van der Waals surface area contributed by atoms with E-state index in [-0.39, 0.29) is 0 Å². The second-order valence-electron chi connectivity index (χ2n) is 4.59. The van der Waals surface area contributed by atoms with Crippen molar-refractivity contribution in [2.75, 3.05) is 4.72 Å². The lowest BCUT2D eigenvalue weighted by Crippen LogP contribution is -2.14. The van der Waals surface area contributed by atoms with E-state index in [2.05, 4.69) is 0 Å². The number of hydrogen-bond acceptors (Lipinski definition) is 5. The van der Waals surface area contributed by atoms with E-state index in [1.165, 1.54) is 0 Å². The lowest BCUT2D eigenvalue weighted by molar-refractivity contribution is -0.384. The van der Waals surface area contributed by atoms with E-state index in [0.29, 0.717) is 12.1 Å². The first-order valence-corrected chi connectivity index (χ1v) is 7.66. The molecule has 0 unspecified atom stereocenters. The van der Waals surface area contributed by atoms with Gasteiger partial charge in [0.05, 0.1) is 21.1 Å². The van der Waals surface area contributed by atoms with E-state index >= 15 is 0 Å². The molecular weight excluding hydrogens is 353 g/mol. The summed E-state index contributed by atoms with van der Waals surface area (Å²) in [6, 6.07) is 5.31. The van der Waals surface area contributed by atoms with Crippen LogP contribution in [-0.2, 0) is 16.2 Å². The molecule has 128 valence electrons. The zero-order valence-electron chi connectivity index (χ0n) is 11.6. The molecule has 0 saturated heterocycles. The molecule has 2 aromatic rings. The summed E-state index contributed by atoms with van der Waals surface area (Å²) in [5, 5.41) is 20.3. The van der Waals surface area contributed by atoms with Crippen LogP contribution in [0.4, 0.5) is 24.5 Å². The smallest absolute Gasteiger partial charge is 0.416 e. The number of non-ortho nitro benzene ring substituents is 1. The third-order valence-electron chi connectivity index (χ3n) is 2.93. The van der Waals surface area contributed by atoms with Gasteiger partial charge in [0.25, 0.3) is 15.7 Å². The van der Waals surface area contributed by atoms with Gasteiger partial charge in [0, 0.05) is 12.1 Å². The molecule has 0 amide bonds. The maximum Gasteiger partial charge on any atom is 0.416 e. The van der Waals surface area contributed by atoms with Gasteiger partial charge in [-0.1, -0.05) is 0 Å². The highest BCUT2D eigenvalue weighted by molar-refractivity contribution is 7.92. The number of nitro groups is 1. The fraction of sp³-hybridized carbons (Fsp3) is 0.0769. The summed E-state index contributed by atoms with van der Waals surface area (Å²) in [5.41, 5.74) is -1.97. The molecule has 0 saturated carbocycles. The number of benzene rings is 2. The molecule has 0 radical (unpaired) electrons. The molecular formula is C13H9F3N2O5S. The van der Waals surface area contributed by atoms with Crippen molar-refractivity contribution < 1.29 is 31.6 Å². The number of anilines is 1. The third-order valence-corrected chi connectivity index (χ3v) is 4.31. The minimum Gasteiger partial charge on any atom is -0.506 e. The van der Waals surface area contributed by atoms with Crippen LogP contribution in [0, 0.1) is 10.1 Å². The van der Waals surface area contributed by atoms with Crippen LogP contribution in [0.1, 0.15) is 5.56 Å². The van der Waals surface area contributed by atoms with Crippen molar-refractivity contribution in [1.29, 1.82) is 0 Å². The maximum atomic E-state index is 12.5. The van der Waals surface area contributed by atoms with Gasteiger partial charge in [-0.05, 0) is 30.3 Å². The lowest BCUT2D eigenvalue weighted by atomic mass is 10.2. The molecule has 2 aromatic carbocycles. The van der Waals surface area contributed by atoms with Crippen molar-refractivity contribution in [2.45, 2.75) is 11.1 Å². The second-order valence-corrected chi connectivity index (χ2v) is 6.27. The number of alkyl halides is 3. The Labute approximate surface area is 133 Å². The molecule has 0 spiro atoms. The molecule has 7 nitrogen and oxygen atoms in total. The van der Waals surface area contributed by atoms with Crippen molar-refractivity contribution in [2.24, 2.45) is 0 Å². The van der Waals surface area contributed by atoms with Crippen LogP contribution in [0.3, 0.4) is 0 Å². The van der Waals surface area contributed by atoms with Gasteiger partial charge >= 0.3 is 6.18 Å². The Morgan fingerprint density at radius 1 is 1.08 bits per heavy atom. The first kappa shape index (κ1) is 17.5. The van der Waals surface area contributed by atoms with Crippen molar-refractivity contribution in [3.05, 3.63) is 58.1 Å². The number of aromatic hydroxyl groups is 1. The Morgan fingerprint density at radius 2 is 1.67 bits per heavy atom. The molecule has 0 heterocycles. The molecule has 0 aliphatic rings. The number of phenols is 1. The van der Waals surface area contributed by atoms with E-state index in [1.54, 1.807) is 0 Å². The summed E-state index contributed by atoms with van der Waals surface area (Å²) in [7, 11) is -4.34. The molecule has 24 heavy (non-hydrogen) atoms. The third kappa shape index (κ3) is 3.74. The number of nitrogens with one attached hydrogen (secondary N) is 1. The molecule has 0 bridgehead atoms. The number of phenolic OH excluding ortho intramolecular Hbond substituents is 1. The Morgan fingerprint density at radius 3 is 2.17 bits per heavy atom. The first-order chi connectivity index (χ1) is 11.0. The Hall–Kier alpha value is -2.82. The SMILES string of the molecule is O=[N+]([O-])c1ccc(O)c(NS(=O)(=O)c2ccc(C(F)(F)F)cc2)c1. The van der Waals surface area contributed by atoms with Crippen LogP contribution in [0.2, 0.25) is 0 Å². The van der Waals surface area contributed by atoms with Crippen LogP contribution in [-0.4, -0.2) is 18.4 Å². The molecule has 0 aliphatic heterocycles. The molecule has 0 fully saturated rings. The molecule has 2 rings (SSSR count). The molecule has 0 atom stereocenters. The topological polar surface area (TPSA) is 110 Å². The van der Waals surface area contributed by atoms with Crippen LogP contribution < -0.4 is 4.72 Å². The number of rotatable bonds is 4. The fourth-order valence-corrected chi connectivity index (χ4v) is 2.81. The number of sulfonamides is 1. The highest BCUT2D eigenvalue weighted by Crippen LogP contribution is 2.32. The van der Waals surface area contributed by atoms with Gasteiger partial charge in [0.15, 0.2) is 0 Å². The van der Waals surface area contributed by atoms with Gasteiger partial charge < -0.3 is 5.11 Å². The van der Waals surface area contributed by atoms with Crippen LogP contribution in [0.5, 0.6) is 5.75 Å². The Balaban J connectivity index is 2.35. The van der Waals surface area contributed by atoms with Crippen molar-refractivity contribution in [3.63, 3.8) is 0 Å². The fourth-order valence-electron chi connectivity index (χ4n) is 1.75. The first-order valence-electron chi connectivity index (χ1n) is 6.18. The average Bonchev–Trinajstić information content (AvgIpc) is 2.48. The number of hydrogen-bond donors (Lipinski definition) is 2. The van der Waals surface area contributed by atoms with Gasteiger partial charge in [-0.3, -0.25) is 14.8 Å². The predicted molar refractivity (Wildman–Crippen MR) is 77.0 cm³/mol. The molecule has 0 aliphatic carbocycles. The van der Waals surface area contributed by atoms with E-state index in [0.717, 1.165) is 30.3 Å². The van der Waals surface area contributed by atoms with E-state index < -0.39 is 48.7 Å². The largest absolute Gasteiger partial charge is 0.506 e. The van der Waals surface area contributed by atoms with Gasteiger partial charge in [0.1, 0.15) is 5.75 Å². The van der Waals surface area contributed by atoms with Crippen LogP contribution in [0.15, 0.2) is 47.4 Å². The van der Waals surface area contributed by atoms with Crippen LogP contribution in [0.25, 0.3) is 0 Å². The van der Waals surface area contributed by atoms with Gasteiger partial charge in [-0.25, -0.2) is 8.42 Å². The quantitative estimate of drug-likeness (QED) is 0.493. The second kappa shape index (κ2) is 6.00. The normalized spacial score (nSPS) is 12.0. The zero-order chi connectivity index (χ0) is 18.1. The summed E-state index contributed by atoms with van der Waals surface area (Å²) in [4.78, 5) is 9.38. The Bertz CT molecular complexity index is 879. The van der Waals surface area contributed by atoms with Crippen molar-refractivity contribution >= 4 is 21.4 Å². The van der Waals surface area contributed by atoms with Gasteiger partial charge in [-0.2, -0.15) is 13.2 Å². The van der Waals surface area contributed by atoms with Gasteiger partial charge in [-0.15, -0.1) is 0 Å². The predicted octanol–water partition coefficient (Wildman–Crippen LogP) is 3.12. The zero-order valence-corrected chi connectivity index (χ0v) is 12.4. The highest BCUT2D eigenvalue weighted by atomic mass is 32.2. The lowest BCUT2D eigenvalue weighted by Gasteiger charge is -2.11. The maximum absolute atomic E-state index is 12.5. The average molecular weight is 362 g/mol. The van der Waals surface area contributed by atoms with E-state index in [1.807, 2.05) is 4.72 Å². The number of nitro benzene ring substituents is 1. The van der Waals surface area contributed by atoms with Crippen molar-refractivity contribution in [1.82, 2.24) is 0 Å². The molecule has 0 aromatic heterocycles. The van der Waals surface area contributed by atoms with Crippen LogP contribution >= 0.6 is 0 Å². The number of halogens is 3. The highest BCUT2D eigenvalue weighted by Gasteiger charge is 2.30. The van der Waals surface area contributed by atoms with E-state index in [9.17, 15) is 36.8 Å². The monoisotopic (exact) mass is 362 g/mol. The van der Waals surface area contributed by atoms with Crippen molar-refractivity contribution in [3.8, 4) is 5.75 Å². The summed E-state index contributed by atoms with van der Waals surface area (Å²) < 4.78 is 63.6. The molecule has 11 heteroatoms. The summed E-state index contributed by atoms with van der Waals surface area (Å²) in [6.45, 7) is 0. The minimum atomic E-state index is -4.62. The Kier molecular flexibility index (Phi) is 4.38. The summed E-state index contributed by atoms with van der Waals surface area (Å²) in [5.74, 6) is -0.573. The summed E-state index contributed by atoms with van der Waals surface area (Å²) >= 11 is 0. The number of nitrogens with zero attached hydrogens (tertiary/aromatic N) is 1. The van der Waals surface area contributed by atoms with Gasteiger partial charge in [0.2, 0.25) is 0 Å².